The Bertz CT molecular complexity index is 1750. The van der Waals surface area contributed by atoms with Crippen LogP contribution in [0.25, 0.3) is 17.2 Å². The molecule has 0 unspecified atom stereocenters. The fourth-order valence-corrected chi connectivity index (χ4v) is 4.98. The number of anilines is 1. The summed E-state index contributed by atoms with van der Waals surface area (Å²) in [4.78, 5) is 25.4. The van der Waals surface area contributed by atoms with Gasteiger partial charge in [-0.05, 0) is 83.0 Å². The number of benzene rings is 2. The van der Waals surface area contributed by atoms with Crippen LogP contribution in [-0.2, 0) is 0 Å². The number of methoxy groups -OCH3 is 1. The van der Waals surface area contributed by atoms with Crippen molar-refractivity contribution in [2.45, 2.75) is 13.8 Å². The Hall–Kier alpha value is -5.02. The molecule has 2 N–H and O–H groups in total. The van der Waals surface area contributed by atoms with Crippen LogP contribution < -0.4 is 15.2 Å². The number of nitrogen functional groups attached to an aromatic ring is 1. The number of aromatic nitrogens is 1. The van der Waals surface area contributed by atoms with E-state index in [0.29, 0.717) is 42.7 Å². The maximum absolute atomic E-state index is 11.6. The highest BCUT2D eigenvalue weighted by molar-refractivity contribution is 14.1. The van der Waals surface area contributed by atoms with Crippen LogP contribution in [0.3, 0.4) is 0 Å². The highest BCUT2D eigenvalue weighted by atomic mass is 127. The molecule has 0 saturated heterocycles. The number of nitriles is 2. The Labute approximate surface area is 235 Å². The molecule has 1 aromatic heterocycles. The monoisotopic (exact) mass is 636 g/mol. The third kappa shape index (κ3) is 4.71. The summed E-state index contributed by atoms with van der Waals surface area (Å²) in [5, 5.41) is 42.0. The largest absolute Gasteiger partial charge is 0.493 e. The molecule has 1 heterocycles. The van der Waals surface area contributed by atoms with Crippen molar-refractivity contribution < 1.29 is 19.3 Å². The van der Waals surface area contributed by atoms with Crippen molar-refractivity contribution in [1.29, 1.82) is 10.5 Å². The van der Waals surface area contributed by atoms with Gasteiger partial charge in [-0.3, -0.25) is 20.2 Å². The van der Waals surface area contributed by atoms with Gasteiger partial charge >= 0.3 is 5.69 Å². The maximum atomic E-state index is 11.6. The molecular weight excluding hydrogens is 619 g/mol. The van der Waals surface area contributed by atoms with Crippen molar-refractivity contribution in [3.05, 3.63) is 87.7 Å². The van der Waals surface area contributed by atoms with Gasteiger partial charge in [0.15, 0.2) is 11.5 Å². The summed E-state index contributed by atoms with van der Waals surface area (Å²) in [5.74, 6) is 0.269. The first-order valence-corrected chi connectivity index (χ1v) is 12.1. The zero-order chi connectivity index (χ0) is 28.6. The number of hydrogen-bond donors (Lipinski definition) is 1. The minimum Gasteiger partial charge on any atom is -0.493 e. The summed E-state index contributed by atoms with van der Waals surface area (Å²) in [6, 6.07) is 10.7. The van der Waals surface area contributed by atoms with Crippen LogP contribution in [0.1, 0.15) is 34.9 Å². The second-order valence-electron chi connectivity index (χ2n) is 8.30. The van der Waals surface area contributed by atoms with Crippen molar-refractivity contribution in [3.8, 4) is 29.4 Å². The normalized spacial score (nSPS) is 13.0. The zero-order valence-corrected chi connectivity index (χ0v) is 22.8. The first-order chi connectivity index (χ1) is 18.5. The quantitative estimate of drug-likeness (QED) is 0.193. The number of pyridine rings is 1. The average molecular weight is 636 g/mol. The van der Waals surface area contributed by atoms with Gasteiger partial charge < -0.3 is 15.2 Å². The van der Waals surface area contributed by atoms with E-state index >= 15 is 0 Å². The fourth-order valence-electron chi connectivity index (χ4n) is 4.24. The van der Waals surface area contributed by atoms with Crippen LogP contribution in [0.5, 0.6) is 17.2 Å². The number of non-ortho nitro benzene ring substituents is 1. The van der Waals surface area contributed by atoms with Gasteiger partial charge in [0.2, 0.25) is 5.75 Å². The van der Waals surface area contributed by atoms with E-state index in [0.717, 1.165) is 18.2 Å². The van der Waals surface area contributed by atoms with E-state index in [1.165, 1.54) is 7.11 Å². The summed E-state index contributed by atoms with van der Waals surface area (Å²) < 4.78 is 11.9. The minimum absolute atomic E-state index is 0.0496. The van der Waals surface area contributed by atoms with E-state index in [1.54, 1.807) is 26.0 Å². The smallest absolute Gasteiger partial charge is 0.318 e. The number of nitrogens with zero attached hydrogens (tertiary/aromatic N) is 5. The Kier molecular flexibility index (Phi) is 7.20. The van der Waals surface area contributed by atoms with Crippen LogP contribution >= 0.6 is 22.6 Å². The molecule has 12 nitrogen and oxygen atoms in total. The number of halogens is 1. The maximum Gasteiger partial charge on any atom is 0.318 e. The van der Waals surface area contributed by atoms with Crippen molar-refractivity contribution in [1.82, 2.24) is 4.98 Å². The van der Waals surface area contributed by atoms with Crippen LogP contribution in [0.4, 0.5) is 17.2 Å². The van der Waals surface area contributed by atoms with Gasteiger partial charge in [-0.2, -0.15) is 10.5 Å². The molecule has 0 radical (unpaired) electrons. The van der Waals surface area contributed by atoms with E-state index in [1.807, 2.05) is 28.7 Å². The Morgan fingerprint density at radius 1 is 1.08 bits per heavy atom. The summed E-state index contributed by atoms with van der Waals surface area (Å²) in [6.07, 6.45) is 1.81. The molecule has 1 aliphatic carbocycles. The predicted molar refractivity (Wildman–Crippen MR) is 150 cm³/mol. The van der Waals surface area contributed by atoms with Gasteiger partial charge in [0.1, 0.15) is 18.0 Å². The molecule has 4 rings (SSSR count). The van der Waals surface area contributed by atoms with Crippen LogP contribution in [-0.4, -0.2) is 21.9 Å². The van der Waals surface area contributed by atoms with E-state index in [9.17, 15) is 30.8 Å². The minimum atomic E-state index is -0.765. The lowest BCUT2D eigenvalue weighted by atomic mass is 9.95. The molecule has 0 bridgehead atoms. The number of nitro groups is 2. The Morgan fingerprint density at radius 3 is 2.38 bits per heavy atom. The molecule has 3 aromatic rings. The number of nitro benzene ring substituents is 2. The van der Waals surface area contributed by atoms with Crippen LogP contribution in [0.2, 0.25) is 0 Å². The van der Waals surface area contributed by atoms with Crippen molar-refractivity contribution in [2.24, 2.45) is 0 Å². The molecule has 2 aromatic carbocycles. The summed E-state index contributed by atoms with van der Waals surface area (Å²) in [6.45, 7) is 3.52. The number of hydrogen-bond acceptors (Lipinski definition) is 10. The lowest BCUT2D eigenvalue weighted by molar-refractivity contribution is -0.394. The topological polar surface area (TPSA) is 191 Å². The molecule has 0 saturated carbocycles. The van der Waals surface area contributed by atoms with E-state index < -0.39 is 21.2 Å². The fraction of sp³-hybridized carbons (Fsp3) is 0.115. The van der Waals surface area contributed by atoms with Gasteiger partial charge in [0, 0.05) is 11.6 Å². The standard InChI is InChI=1S/C26H17IN6O6/c1-12-16(23-13(2)18(11-29)26(30)31-24(23)17(12)10-28)6-14-7-19(27)25(22(8-14)38-3)39-21-5-4-15(32(34)35)9-20(21)33(36)37/h4-9H,1-3H3,(H2,30,31)/b16-6+. The van der Waals surface area contributed by atoms with Crippen molar-refractivity contribution >= 4 is 57.0 Å². The van der Waals surface area contributed by atoms with Gasteiger partial charge in [-0.15, -0.1) is 0 Å². The Morgan fingerprint density at radius 2 is 1.79 bits per heavy atom. The first kappa shape index (κ1) is 27.0. The van der Waals surface area contributed by atoms with Gasteiger partial charge in [0.25, 0.3) is 5.69 Å². The van der Waals surface area contributed by atoms with Gasteiger partial charge in [0.05, 0.1) is 43.4 Å². The number of ether oxygens (including phenoxy) is 2. The molecule has 13 heteroatoms. The molecule has 194 valence electrons. The molecule has 1 aliphatic rings. The van der Waals surface area contributed by atoms with Gasteiger partial charge in [-0.25, -0.2) is 4.98 Å². The molecular formula is C26H17IN6O6. The summed E-state index contributed by atoms with van der Waals surface area (Å²) >= 11 is 1.99. The molecule has 0 amide bonds. The number of nitrogens with two attached hydrogens (primary N) is 1. The van der Waals surface area contributed by atoms with Crippen molar-refractivity contribution in [2.75, 3.05) is 12.8 Å². The highest BCUT2D eigenvalue weighted by Gasteiger charge is 2.30. The predicted octanol–water partition coefficient (Wildman–Crippen LogP) is 5.92. The molecule has 39 heavy (non-hydrogen) atoms. The molecule has 0 spiro atoms. The second kappa shape index (κ2) is 10.4. The van der Waals surface area contributed by atoms with Gasteiger partial charge in [-0.1, -0.05) is 0 Å². The number of rotatable bonds is 6. The lowest BCUT2D eigenvalue weighted by Gasteiger charge is -2.14. The summed E-state index contributed by atoms with van der Waals surface area (Å²) in [7, 11) is 1.40. The second-order valence-corrected chi connectivity index (χ2v) is 9.47. The van der Waals surface area contributed by atoms with E-state index in [2.05, 4.69) is 17.1 Å². The number of allylic oxidation sites excluding steroid dienone is 3. The van der Waals surface area contributed by atoms with Crippen LogP contribution in [0.15, 0.2) is 35.9 Å². The van der Waals surface area contributed by atoms with E-state index in [-0.39, 0.29) is 28.6 Å². The highest BCUT2D eigenvalue weighted by Crippen LogP contribution is 2.46. The van der Waals surface area contributed by atoms with Crippen LogP contribution in [0, 0.1) is 53.4 Å². The molecule has 0 aliphatic heterocycles. The Balaban J connectivity index is 1.84. The number of fused-ring (bicyclic) bond motifs is 1. The summed E-state index contributed by atoms with van der Waals surface area (Å²) in [5.41, 5.74) is 9.15. The first-order valence-electron chi connectivity index (χ1n) is 11.0. The zero-order valence-electron chi connectivity index (χ0n) is 20.6. The molecule has 0 fully saturated rings. The van der Waals surface area contributed by atoms with Crippen molar-refractivity contribution in [3.63, 3.8) is 0 Å². The lowest BCUT2D eigenvalue weighted by Crippen LogP contribution is -2.03. The molecule has 0 atom stereocenters. The van der Waals surface area contributed by atoms with E-state index in [4.69, 9.17) is 15.2 Å². The third-order valence-corrected chi connectivity index (χ3v) is 6.91. The average Bonchev–Trinajstić information content (AvgIpc) is 3.15. The SMILES string of the molecule is COc1cc(/C=C2\C(C)=C(C#N)c3nc(N)c(C#N)c(C)c32)cc(I)c1Oc1ccc([N+](=O)[O-])cc1[N+](=O)[O-]. The third-order valence-electron chi connectivity index (χ3n) is 6.11.